The van der Waals surface area contributed by atoms with Gasteiger partial charge in [-0.2, -0.15) is 0 Å². The fourth-order valence-electron chi connectivity index (χ4n) is 5.04. The third-order valence-electron chi connectivity index (χ3n) is 7.31. The van der Waals surface area contributed by atoms with Crippen LogP contribution in [0.1, 0.15) is 55.6 Å². The fraction of sp³-hybridized carbons (Fsp3) is 0.345. The van der Waals surface area contributed by atoms with Crippen LogP contribution in [-0.2, 0) is 14.3 Å². The molecular weight excluding hydrogens is 578 g/mol. The number of aromatic nitrogens is 2. The van der Waals surface area contributed by atoms with E-state index in [0.717, 1.165) is 5.56 Å². The summed E-state index contributed by atoms with van der Waals surface area (Å²) in [5.74, 6) is 0.404. The number of methoxy groups -OCH3 is 1. The first-order valence-corrected chi connectivity index (χ1v) is 14.2. The minimum absolute atomic E-state index is 0.168. The number of halogens is 1. The lowest BCUT2D eigenvalue weighted by Crippen LogP contribution is -2.41. The van der Waals surface area contributed by atoms with Crippen molar-refractivity contribution in [3.63, 3.8) is 0 Å². The largest absolute Gasteiger partial charge is 0.453 e. The molecule has 0 unspecified atom stereocenters. The molecule has 5 amide bonds. The number of fused-ring (bicyclic) bond motifs is 5. The molecule has 2 aliphatic rings. The molecule has 1 aromatic heterocycles. The number of hydrogen-bond donors (Lipinski definition) is 5. The minimum Gasteiger partial charge on any atom is -0.453 e. The van der Waals surface area contributed by atoms with Crippen LogP contribution in [0.3, 0.4) is 0 Å². The van der Waals surface area contributed by atoms with Crippen LogP contribution < -0.4 is 21.3 Å². The van der Waals surface area contributed by atoms with Gasteiger partial charge < -0.3 is 30.0 Å². The Kier molecular flexibility index (Phi) is 9.00. The number of urea groups is 1. The number of imidazole rings is 1. The Morgan fingerprint density at radius 3 is 2.79 bits per heavy atom. The molecule has 43 heavy (non-hydrogen) atoms. The highest BCUT2D eigenvalue weighted by molar-refractivity contribution is 6.30. The zero-order valence-electron chi connectivity index (χ0n) is 23.7. The molecule has 0 saturated heterocycles. The number of aromatic amines is 1. The Labute approximate surface area is 252 Å². The van der Waals surface area contributed by atoms with E-state index in [0.29, 0.717) is 71.4 Å². The SMILES string of the molecule is COC(=O)Nc1ccc2c(c1)NC(=O)CCCC[C@H](NC(=O)N(C)CC[C@H]1OC(=O)Nc3ccc(Cl)cc31)c1ncc-2[nH]1. The molecule has 2 atom stereocenters. The zero-order chi connectivity index (χ0) is 30.5. The van der Waals surface area contributed by atoms with E-state index < -0.39 is 24.3 Å². The number of nitrogens with zero attached hydrogens (tertiary/aromatic N) is 2. The van der Waals surface area contributed by atoms with Gasteiger partial charge in [-0.3, -0.25) is 15.4 Å². The van der Waals surface area contributed by atoms with Gasteiger partial charge in [-0.15, -0.1) is 0 Å². The molecule has 0 saturated carbocycles. The predicted octanol–water partition coefficient (Wildman–Crippen LogP) is 5.80. The zero-order valence-corrected chi connectivity index (χ0v) is 24.4. The lowest BCUT2D eigenvalue weighted by Gasteiger charge is -2.28. The van der Waals surface area contributed by atoms with Crippen molar-refractivity contribution < 1.29 is 28.7 Å². The van der Waals surface area contributed by atoms with Crippen LogP contribution >= 0.6 is 11.6 Å². The number of anilines is 3. The first kappa shape index (κ1) is 29.7. The van der Waals surface area contributed by atoms with Gasteiger partial charge in [-0.05, 0) is 49.2 Å². The Bertz CT molecular complexity index is 1540. The summed E-state index contributed by atoms with van der Waals surface area (Å²) in [5.41, 5.74) is 3.63. The van der Waals surface area contributed by atoms with Gasteiger partial charge in [-0.25, -0.2) is 19.4 Å². The molecule has 226 valence electrons. The number of hydrogen-bond acceptors (Lipinski definition) is 7. The Hall–Kier alpha value is -4.78. The number of ether oxygens (including phenoxy) is 2. The molecule has 5 rings (SSSR count). The van der Waals surface area contributed by atoms with Crippen molar-refractivity contribution >= 4 is 52.8 Å². The molecule has 3 heterocycles. The van der Waals surface area contributed by atoms with E-state index in [1.165, 1.54) is 12.0 Å². The van der Waals surface area contributed by atoms with Crippen LogP contribution in [0.5, 0.6) is 0 Å². The Morgan fingerprint density at radius 1 is 1.14 bits per heavy atom. The first-order chi connectivity index (χ1) is 20.7. The van der Waals surface area contributed by atoms with Crippen molar-refractivity contribution in [1.82, 2.24) is 20.2 Å². The van der Waals surface area contributed by atoms with Gasteiger partial charge in [0.2, 0.25) is 5.91 Å². The summed E-state index contributed by atoms with van der Waals surface area (Å²) in [5, 5.41) is 11.8. The second-order valence-corrected chi connectivity index (χ2v) is 10.8. The monoisotopic (exact) mass is 609 g/mol. The summed E-state index contributed by atoms with van der Waals surface area (Å²) >= 11 is 6.16. The predicted molar refractivity (Wildman–Crippen MR) is 160 cm³/mol. The smallest absolute Gasteiger partial charge is 0.412 e. The van der Waals surface area contributed by atoms with Crippen molar-refractivity contribution in [2.45, 2.75) is 44.2 Å². The first-order valence-electron chi connectivity index (χ1n) is 13.8. The van der Waals surface area contributed by atoms with Gasteiger partial charge in [0.05, 0.1) is 36.4 Å². The molecule has 3 aromatic rings. The van der Waals surface area contributed by atoms with Crippen LogP contribution in [0.2, 0.25) is 5.02 Å². The normalized spacial score (nSPS) is 17.8. The molecule has 0 fully saturated rings. The number of H-pyrrole nitrogens is 1. The number of benzene rings is 2. The summed E-state index contributed by atoms with van der Waals surface area (Å²) in [6.07, 6.45) is 2.39. The van der Waals surface area contributed by atoms with Gasteiger partial charge in [0.25, 0.3) is 0 Å². The van der Waals surface area contributed by atoms with Crippen LogP contribution in [0, 0.1) is 0 Å². The van der Waals surface area contributed by atoms with Crippen LogP contribution in [-0.4, -0.2) is 59.7 Å². The van der Waals surface area contributed by atoms with Crippen LogP contribution in [0.15, 0.2) is 42.6 Å². The van der Waals surface area contributed by atoms with E-state index in [9.17, 15) is 19.2 Å². The van der Waals surface area contributed by atoms with Gasteiger partial charge >= 0.3 is 18.2 Å². The van der Waals surface area contributed by atoms with Gasteiger partial charge in [-0.1, -0.05) is 18.0 Å². The number of carbonyl (C=O) groups is 4. The number of carbonyl (C=O) groups excluding carboxylic acids is 4. The Morgan fingerprint density at radius 2 is 1.98 bits per heavy atom. The van der Waals surface area contributed by atoms with Crippen LogP contribution in [0.25, 0.3) is 11.3 Å². The topological polar surface area (TPSA) is 167 Å². The van der Waals surface area contributed by atoms with Gasteiger partial charge in [0, 0.05) is 48.3 Å². The van der Waals surface area contributed by atoms with Crippen molar-refractivity contribution in [1.29, 1.82) is 0 Å². The molecule has 5 N–H and O–H groups in total. The third-order valence-corrected chi connectivity index (χ3v) is 7.54. The van der Waals surface area contributed by atoms with E-state index in [1.807, 2.05) is 0 Å². The maximum atomic E-state index is 13.3. The average Bonchev–Trinajstić information content (AvgIpc) is 3.47. The quantitative estimate of drug-likeness (QED) is 0.244. The highest BCUT2D eigenvalue weighted by atomic mass is 35.5. The maximum Gasteiger partial charge on any atom is 0.412 e. The van der Waals surface area contributed by atoms with Crippen molar-refractivity contribution in [3.05, 3.63) is 59.0 Å². The van der Waals surface area contributed by atoms with E-state index in [1.54, 1.807) is 49.6 Å². The highest BCUT2D eigenvalue weighted by Crippen LogP contribution is 2.35. The van der Waals surface area contributed by atoms with Gasteiger partial charge in [0.1, 0.15) is 11.9 Å². The van der Waals surface area contributed by atoms with Crippen LogP contribution in [0.4, 0.5) is 31.4 Å². The molecule has 0 spiro atoms. The summed E-state index contributed by atoms with van der Waals surface area (Å²) in [6.45, 7) is 0.307. The molecular formula is C29H32ClN7O6. The number of cyclic esters (lactones) is 1. The molecule has 14 heteroatoms. The summed E-state index contributed by atoms with van der Waals surface area (Å²) < 4.78 is 10.1. The summed E-state index contributed by atoms with van der Waals surface area (Å²) in [7, 11) is 2.94. The minimum atomic E-state index is -0.627. The lowest BCUT2D eigenvalue weighted by atomic mass is 10.0. The second kappa shape index (κ2) is 13.0. The molecule has 2 aliphatic heterocycles. The van der Waals surface area contributed by atoms with E-state index in [2.05, 4.69) is 36.0 Å². The van der Waals surface area contributed by atoms with Gasteiger partial charge in [0.15, 0.2) is 0 Å². The molecule has 0 aliphatic carbocycles. The highest BCUT2D eigenvalue weighted by Gasteiger charge is 2.28. The third kappa shape index (κ3) is 7.17. The number of rotatable bonds is 5. The average molecular weight is 610 g/mol. The van der Waals surface area contributed by atoms with E-state index in [-0.39, 0.29) is 18.4 Å². The molecule has 2 bridgehead atoms. The lowest BCUT2D eigenvalue weighted by molar-refractivity contribution is -0.116. The molecule has 2 aromatic carbocycles. The standard InChI is InChI=1S/C29H32ClN7O6/c1-37(12-11-24-19-13-16(30)7-10-20(19)36-29(41)43-24)27(39)35-21-5-3-4-6-25(38)33-22-14-17(32-28(40)42-2)8-9-18(22)23-15-31-26(21)34-23/h7-10,13-15,21,24H,3-6,11-12H2,1-2H3,(H,31,34)(H,32,40)(H,33,38)(H,35,39)(H,36,41)/t21-,24+/m0/s1. The number of amides is 5. The molecule has 0 radical (unpaired) electrons. The summed E-state index contributed by atoms with van der Waals surface area (Å²) in [6, 6.07) is 9.49. The summed E-state index contributed by atoms with van der Waals surface area (Å²) in [4.78, 5) is 59.1. The maximum absolute atomic E-state index is 13.3. The number of nitrogens with one attached hydrogen (secondary N) is 5. The van der Waals surface area contributed by atoms with Crippen molar-refractivity contribution in [2.75, 3.05) is 36.7 Å². The van der Waals surface area contributed by atoms with E-state index >= 15 is 0 Å². The van der Waals surface area contributed by atoms with Crippen molar-refractivity contribution in [2.24, 2.45) is 0 Å². The van der Waals surface area contributed by atoms with Crippen molar-refractivity contribution in [3.8, 4) is 11.3 Å². The fourth-order valence-corrected chi connectivity index (χ4v) is 5.22. The second-order valence-electron chi connectivity index (χ2n) is 10.3. The molecule has 13 nitrogen and oxygen atoms in total. The van der Waals surface area contributed by atoms with E-state index in [4.69, 9.17) is 16.3 Å². The Balaban J connectivity index is 1.30.